The van der Waals surface area contributed by atoms with Crippen molar-refractivity contribution in [1.82, 2.24) is 14.3 Å². The SMILES string of the molecule is Cc1ccc(-n2nc3c4ccccc4n(C)c3cc2=O)cc1. The first-order valence-electron chi connectivity index (χ1n) is 7.20. The van der Waals surface area contributed by atoms with E-state index < -0.39 is 0 Å². The summed E-state index contributed by atoms with van der Waals surface area (Å²) in [6.45, 7) is 2.02. The van der Waals surface area contributed by atoms with Gasteiger partial charge in [-0.3, -0.25) is 4.79 Å². The van der Waals surface area contributed by atoms with Crippen molar-refractivity contribution in [2.24, 2.45) is 7.05 Å². The zero-order valence-electron chi connectivity index (χ0n) is 12.4. The van der Waals surface area contributed by atoms with Gasteiger partial charge < -0.3 is 4.57 Å². The standard InChI is InChI=1S/C18H15N3O/c1-12-7-9-13(10-8-12)21-17(22)11-16-18(19-21)14-5-3-4-6-15(14)20(16)2/h3-11H,1-2H3. The monoisotopic (exact) mass is 289 g/mol. The van der Waals surface area contributed by atoms with E-state index in [1.165, 1.54) is 4.68 Å². The van der Waals surface area contributed by atoms with Crippen LogP contribution in [0.4, 0.5) is 0 Å². The molecule has 108 valence electrons. The van der Waals surface area contributed by atoms with Gasteiger partial charge in [-0.2, -0.15) is 9.78 Å². The molecule has 0 N–H and O–H groups in total. The van der Waals surface area contributed by atoms with Gasteiger partial charge in [0, 0.05) is 18.5 Å². The number of fused-ring (bicyclic) bond motifs is 3. The largest absolute Gasteiger partial charge is 0.342 e. The second kappa shape index (κ2) is 4.56. The Hall–Kier alpha value is -2.88. The molecule has 0 saturated heterocycles. The first-order valence-corrected chi connectivity index (χ1v) is 7.20. The summed E-state index contributed by atoms with van der Waals surface area (Å²) in [5, 5.41) is 5.66. The van der Waals surface area contributed by atoms with Crippen molar-refractivity contribution >= 4 is 21.9 Å². The fraction of sp³-hybridized carbons (Fsp3) is 0.111. The summed E-state index contributed by atoms with van der Waals surface area (Å²) < 4.78 is 3.48. The molecule has 0 atom stereocenters. The van der Waals surface area contributed by atoms with E-state index in [4.69, 9.17) is 0 Å². The molecule has 0 fully saturated rings. The molecule has 4 nitrogen and oxygen atoms in total. The summed E-state index contributed by atoms with van der Waals surface area (Å²) in [5.74, 6) is 0. The third kappa shape index (κ3) is 1.77. The number of nitrogens with zero attached hydrogens (tertiary/aromatic N) is 3. The second-order valence-electron chi connectivity index (χ2n) is 5.54. The average Bonchev–Trinajstić information content (AvgIpc) is 2.81. The van der Waals surface area contributed by atoms with Gasteiger partial charge in [-0.1, -0.05) is 35.9 Å². The third-order valence-corrected chi connectivity index (χ3v) is 4.07. The Morgan fingerprint density at radius 3 is 2.45 bits per heavy atom. The van der Waals surface area contributed by atoms with Gasteiger partial charge in [0.05, 0.1) is 16.7 Å². The highest BCUT2D eigenvalue weighted by molar-refractivity contribution is 6.05. The first kappa shape index (κ1) is 12.8. The van der Waals surface area contributed by atoms with E-state index in [-0.39, 0.29) is 5.56 Å². The lowest BCUT2D eigenvalue weighted by atomic mass is 10.2. The average molecular weight is 289 g/mol. The van der Waals surface area contributed by atoms with E-state index >= 15 is 0 Å². The van der Waals surface area contributed by atoms with E-state index in [0.29, 0.717) is 0 Å². The maximum absolute atomic E-state index is 12.4. The summed E-state index contributed by atoms with van der Waals surface area (Å²) in [7, 11) is 1.96. The van der Waals surface area contributed by atoms with Gasteiger partial charge in [0.25, 0.3) is 5.56 Å². The Bertz CT molecular complexity index is 1060. The first-order chi connectivity index (χ1) is 10.6. The fourth-order valence-electron chi connectivity index (χ4n) is 2.86. The molecule has 0 unspecified atom stereocenters. The van der Waals surface area contributed by atoms with E-state index in [0.717, 1.165) is 33.2 Å². The Balaban J connectivity index is 2.09. The number of hydrogen-bond acceptors (Lipinski definition) is 2. The Morgan fingerprint density at radius 2 is 1.68 bits per heavy atom. The summed E-state index contributed by atoms with van der Waals surface area (Å²) in [4.78, 5) is 12.4. The summed E-state index contributed by atoms with van der Waals surface area (Å²) in [5.41, 5.74) is 4.59. The van der Waals surface area contributed by atoms with E-state index in [2.05, 4.69) is 5.10 Å². The van der Waals surface area contributed by atoms with Crippen molar-refractivity contribution in [3.8, 4) is 5.69 Å². The molecular formula is C18H15N3O. The van der Waals surface area contributed by atoms with Crippen molar-refractivity contribution in [3.05, 3.63) is 70.5 Å². The Morgan fingerprint density at radius 1 is 0.955 bits per heavy atom. The minimum atomic E-state index is -0.123. The molecule has 0 bridgehead atoms. The van der Waals surface area contributed by atoms with Crippen LogP contribution < -0.4 is 5.56 Å². The van der Waals surface area contributed by atoms with Gasteiger partial charge in [0.15, 0.2) is 0 Å². The van der Waals surface area contributed by atoms with Gasteiger partial charge in [0.2, 0.25) is 0 Å². The Labute approximate surface area is 127 Å². The quantitative estimate of drug-likeness (QED) is 0.540. The molecule has 0 aliphatic heterocycles. The van der Waals surface area contributed by atoms with Gasteiger partial charge in [-0.25, -0.2) is 0 Å². The molecule has 2 aromatic carbocycles. The predicted molar refractivity (Wildman–Crippen MR) is 88.6 cm³/mol. The lowest BCUT2D eigenvalue weighted by Gasteiger charge is -2.05. The zero-order valence-corrected chi connectivity index (χ0v) is 12.4. The molecule has 0 aliphatic carbocycles. The minimum absolute atomic E-state index is 0.123. The maximum Gasteiger partial charge on any atom is 0.273 e. The van der Waals surface area contributed by atoms with Crippen LogP contribution >= 0.6 is 0 Å². The lowest BCUT2D eigenvalue weighted by molar-refractivity contribution is 0.829. The van der Waals surface area contributed by atoms with Crippen molar-refractivity contribution in [2.45, 2.75) is 6.92 Å². The van der Waals surface area contributed by atoms with Gasteiger partial charge >= 0.3 is 0 Å². The van der Waals surface area contributed by atoms with Gasteiger partial charge in [-0.15, -0.1) is 0 Å². The normalized spacial score (nSPS) is 11.4. The topological polar surface area (TPSA) is 39.8 Å². The zero-order chi connectivity index (χ0) is 15.3. The lowest BCUT2D eigenvalue weighted by Crippen LogP contribution is -2.20. The van der Waals surface area contributed by atoms with Crippen LogP contribution in [0.15, 0.2) is 59.4 Å². The van der Waals surface area contributed by atoms with Crippen molar-refractivity contribution in [2.75, 3.05) is 0 Å². The highest BCUT2D eigenvalue weighted by Crippen LogP contribution is 2.25. The summed E-state index contributed by atoms with van der Waals surface area (Å²) in [6.07, 6.45) is 0. The van der Waals surface area contributed by atoms with Crippen LogP contribution in [0.2, 0.25) is 0 Å². The van der Waals surface area contributed by atoms with E-state index in [1.807, 2.05) is 67.1 Å². The van der Waals surface area contributed by atoms with Crippen molar-refractivity contribution in [1.29, 1.82) is 0 Å². The smallest absolute Gasteiger partial charge is 0.273 e. The van der Waals surface area contributed by atoms with Crippen LogP contribution in [0.5, 0.6) is 0 Å². The van der Waals surface area contributed by atoms with Crippen LogP contribution in [-0.2, 0) is 7.05 Å². The van der Waals surface area contributed by atoms with E-state index in [9.17, 15) is 4.79 Å². The molecule has 4 rings (SSSR count). The predicted octanol–water partition coefficient (Wildman–Crippen LogP) is 3.19. The molecule has 2 heterocycles. The number of aromatic nitrogens is 3. The molecule has 0 saturated carbocycles. The molecule has 4 aromatic rings. The molecular weight excluding hydrogens is 274 g/mol. The van der Waals surface area contributed by atoms with Gasteiger partial charge in [0.1, 0.15) is 5.52 Å². The highest BCUT2D eigenvalue weighted by atomic mass is 16.1. The van der Waals surface area contributed by atoms with Crippen LogP contribution in [0.1, 0.15) is 5.56 Å². The second-order valence-corrected chi connectivity index (χ2v) is 5.54. The van der Waals surface area contributed by atoms with Crippen LogP contribution in [0.25, 0.3) is 27.6 Å². The molecule has 4 heteroatoms. The molecule has 0 amide bonds. The van der Waals surface area contributed by atoms with Crippen LogP contribution in [0, 0.1) is 6.92 Å². The molecule has 0 spiro atoms. The summed E-state index contributed by atoms with van der Waals surface area (Å²) in [6, 6.07) is 17.5. The number of rotatable bonds is 1. The number of hydrogen-bond donors (Lipinski definition) is 0. The maximum atomic E-state index is 12.4. The number of para-hydroxylation sites is 1. The van der Waals surface area contributed by atoms with Gasteiger partial charge in [-0.05, 0) is 25.1 Å². The summed E-state index contributed by atoms with van der Waals surface area (Å²) >= 11 is 0. The Kier molecular flexibility index (Phi) is 2.66. The molecule has 22 heavy (non-hydrogen) atoms. The van der Waals surface area contributed by atoms with Crippen LogP contribution in [0.3, 0.4) is 0 Å². The number of aryl methyl sites for hydroxylation is 2. The van der Waals surface area contributed by atoms with E-state index in [1.54, 1.807) is 6.07 Å². The fourth-order valence-corrected chi connectivity index (χ4v) is 2.86. The molecule has 2 aromatic heterocycles. The highest BCUT2D eigenvalue weighted by Gasteiger charge is 2.12. The molecule has 0 aliphatic rings. The number of benzene rings is 2. The minimum Gasteiger partial charge on any atom is -0.342 e. The molecule has 0 radical (unpaired) electrons. The third-order valence-electron chi connectivity index (χ3n) is 4.07. The van der Waals surface area contributed by atoms with Crippen molar-refractivity contribution < 1.29 is 0 Å². The van der Waals surface area contributed by atoms with Crippen LogP contribution in [-0.4, -0.2) is 14.3 Å². The van der Waals surface area contributed by atoms with Crippen molar-refractivity contribution in [3.63, 3.8) is 0 Å².